The lowest BCUT2D eigenvalue weighted by Gasteiger charge is -2.20. The van der Waals surface area contributed by atoms with E-state index >= 15 is 0 Å². The third-order valence-corrected chi connectivity index (χ3v) is 2.69. The summed E-state index contributed by atoms with van der Waals surface area (Å²) in [5.41, 5.74) is 1.20. The molecule has 1 aromatic carbocycles. The quantitative estimate of drug-likeness (QED) is 0.824. The van der Waals surface area contributed by atoms with Crippen molar-refractivity contribution in [2.75, 3.05) is 13.2 Å². The van der Waals surface area contributed by atoms with Gasteiger partial charge in [-0.25, -0.2) is 0 Å². The van der Waals surface area contributed by atoms with Crippen LogP contribution in [0.3, 0.4) is 0 Å². The van der Waals surface area contributed by atoms with Crippen molar-refractivity contribution in [3.63, 3.8) is 0 Å². The Morgan fingerprint density at radius 1 is 1.38 bits per heavy atom. The Morgan fingerprint density at radius 3 is 2.75 bits per heavy atom. The molecule has 0 aliphatic heterocycles. The van der Waals surface area contributed by atoms with Gasteiger partial charge in [0, 0.05) is 23.7 Å². The van der Waals surface area contributed by atoms with Crippen LogP contribution in [0.1, 0.15) is 32.4 Å². The van der Waals surface area contributed by atoms with Crippen LogP contribution in [0.4, 0.5) is 0 Å². The van der Waals surface area contributed by atoms with Gasteiger partial charge in [-0.1, -0.05) is 23.7 Å². The highest BCUT2D eigenvalue weighted by Crippen LogP contribution is 2.17. The van der Waals surface area contributed by atoms with Gasteiger partial charge in [-0.15, -0.1) is 0 Å². The Balaban J connectivity index is 2.48. The van der Waals surface area contributed by atoms with E-state index in [1.165, 1.54) is 5.56 Å². The largest absolute Gasteiger partial charge is 0.380 e. The molecule has 90 valence electrons. The standard InChI is InChI=1S/C13H20ClNO/c1-4-16-9-10(2)15-11(3)12-6-5-7-13(14)8-12/h5-8,10-11,15H,4,9H2,1-3H3/t10?,11-/m1/s1. The summed E-state index contributed by atoms with van der Waals surface area (Å²) in [4.78, 5) is 0. The molecule has 0 aliphatic carbocycles. The van der Waals surface area contributed by atoms with E-state index < -0.39 is 0 Å². The van der Waals surface area contributed by atoms with Gasteiger partial charge in [0.25, 0.3) is 0 Å². The predicted molar refractivity (Wildman–Crippen MR) is 69.0 cm³/mol. The first kappa shape index (κ1) is 13.5. The van der Waals surface area contributed by atoms with Crippen molar-refractivity contribution in [3.8, 4) is 0 Å². The van der Waals surface area contributed by atoms with E-state index in [1.54, 1.807) is 0 Å². The van der Waals surface area contributed by atoms with Gasteiger partial charge in [0.15, 0.2) is 0 Å². The first-order valence-corrected chi connectivity index (χ1v) is 6.10. The summed E-state index contributed by atoms with van der Waals surface area (Å²) in [6.07, 6.45) is 0. The minimum absolute atomic E-state index is 0.286. The molecule has 0 radical (unpaired) electrons. The Labute approximate surface area is 103 Å². The van der Waals surface area contributed by atoms with Crippen molar-refractivity contribution in [3.05, 3.63) is 34.9 Å². The molecule has 2 nitrogen and oxygen atoms in total. The Morgan fingerprint density at radius 2 is 2.12 bits per heavy atom. The summed E-state index contributed by atoms with van der Waals surface area (Å²) in [7, 11) is 0. The highest BCUT2D eigenvalue weighted by Gasteiger charge is 2.09. The summed E-state index contributed by atoms with van der Waals surface area (Å²) in [6, 6.07) is 8.57. The molecular weight excluding hydrogens is 222 g/mol. The van der Waals surface area contributed by atoms with Gasteiger partial charge < -0.3 is 10.1 Å². The van der Waals surface area contributed by atoms with Crippen LogP contribution in [0.25, 0.3) is 0 Å². The molecule has 1 N–H and O–H groups in total. The van der Waals surface area contributed by atoms with E-state index in [0.717, 1.165) is 18.2 Å². The van der Waals surface area contributed by atoms with Crippen LogP contribution in [0.2, 0.25) is 5.02 Å². The lowest BCUT2D eigenvalue weighted by Crippen LogP contribution is -2.32. The van der Waals surface area contributed by atoms with Crippen LogP contribution in [0.5, 0.6) is 0 Å². The van der Waals surface area contributed by atoms with Crippen molar-refractivity contribution in [1.82, 2.24) is 5.32 Å². The fraction of sp³-hybridized carbons (Fsp3) is 0.538. The first-order valence-electron chi connectivity index (χ1n) is 5.72. The summed E-state index contributed by atoms with van der Waals surface area (Å²) in [6.45, 7) is 7.76. The first-order chi connectivity index (χ1) is 7.63. The second-order valence-electron chi connectivity index (χ2n) is 4.00. The summed E-state index contributed by atoms with van der Waals surface area (Å²) >= 11 is 5.96. The maximum Gasteiger partial charge on any atom is 0.0616 e. The van der Waals surface area contributed by atoms with Crippen molar-refractivity contribution >= 4 is 11.6 Å². The van der Waals surface area contributed by atoms with Gasteiger partial charge in [0.05, 0.1) is 6.61 Å². The van der Waals surface area contributed by atoms with E-state index in [2.05, 4.69) is 25.2 Å². The van der Waals surface area contributed by atoms with Crippen molar-refractivity contribution in [2.45, 2.75) is 32.9 Å². The number of hydrogen-bond donors (Lipinski definition) is 1. The molecule has 3 heteroatoms. The molecule has 1 unspecified atom stereocenters. The minimum Gasteiger partial charge on any atom is -0.380 e. The smallest absolute Gasteiger partial charge is 0.0616 e. The zero-order valence-electron chi connectivity index (χ0n) is 10.2. The maximum atomic E-state index is 5.96. The van der Waals surface area contributed by atoms with E-state index in [-0.39, 0.29) is 6.04 Å². The van der Waals surface area contributed by atoms with Gasteiger partial charge in [-0.2, -0.15) is 0 Å². The van der Waals surface area contributed by atoms with E-state index in [0.29, 0.717) is 6.04 Å². The topological polar surface area (TPSA) is 21.3 Å². The van der Waals surface area contributed by atoms with E-state index in [4.69, 9.17) is 16.3 Å². The molecule has 0 fully saturated rings. The molecule has 0 heterocycles. The number of rotatable bonds is 6. The molecule has 0 amide bonds. The van der Waals surface area contributed by atoms with Gasteiger partial charge in [0.2, 0.25) is 0 Å². The van der Waals surface area contributed by atoms with Gasteiger partial charge in [-0.3, -0.25) is 0 Å². The molecular formula is C13H20ClNO. The maximum absolute atomic E-state index is 5.96. The molecule has 0 saturated heterocycles. The Kier molecular flexibility index (Phi) is 5.81. The highest BCUT2D eigenvalue weighted by atomic mass is 35.5. The minimum atomic E-state index is 0.286. The summed E-state index contributed by atoms with van der Waals surface area (Å²) in [5, 5.41) is 4.26. The summed E-state index contributed by atoms with van der Waals surface area (Å²) < 4.78 is 5.37. The molecule has 0 aromatic heterocycles. The zero-order valence-corrected chi connectivity index (χ0v) is 10.9. The summed E-state index contributed by atoms with van der Waals surface area (Å²) in [5.74, 6) is 0. The highest BCUT2D eigenvalue weighted by molar-refractivity contribution is 6.30. The lowest BCUT2D eigenvalue weighted by molar-refractivity contribution is 0.124. The normalized spacial score (nSPS) is 14.8. The SMILES string of the molecule is CCOCC(C)N[C@H](C)c1cccc(Cl)c1. The van der Waals surface area contributed by atoms with Crippen molar-refractivity contribution in [1.29, 1.82) is 0 Å². The Hall–Kier alpha value is -0.570. The van der Waals surface area contributed by atoms with Crippen LogP contribution in [0.15, 0.2) is 24.3 Å². The average Bonchev–Trinajstić information content (AvgIpc) is 2.26. The average molecular weight is 242 g/mol. The van der Waals surface area contributed by atoms with Crippen LogP contribution in [-0.4, -0.2) is 19.3 Å². The zero-order chi connectivity index (χ0) is 12.0. The molecule has 0 spiro atoms. The van der Waals surface area contributed by atoms with E-state index in [1.807, 2.05) is 25.1 Å². The second-order valence-corrected chi connectivity index (χ2v) is 4.44. The fourth-order valence-corrected chi connectivity index (χ4v) is 1.84. The lowest BCUT2D eigenvalue weighted by atomic mass is 10.1. The third-order valence-electron chi connectivity index (χ3n) is 2.46. The third kappa shape index (κ3) is 4.52. The molecule has 1 rings (SSSR count). The van der Waals surface area contributed by atoms with E-state index in [9.17, 15) is 0 Å². The molecule has 16 heavy (non-hydrogen) atoms. The number of hydrogen-bond acceptors (Lipinski definition) is 2. The molecule has 0 saturated carbocycles. The molecule has 0 aliphatic rings. The Bertz CT molecular complexity index is 317. The van der Waals surface area contributed by atoms with Crippen molar-refractivity contribution < 1.29 is 4.74 Å². The number of benzene rings is 1. The predicted octanol–water partition coefficient (Wildman–Crippen LogP) is 3.42. The second kappa shape index (κ2) is 6.89. The number of halogens is 1. The van der Waals surface area contributed by atoms with Gasteiger partial charge >= 0.3 is 0 Å². The van der Waals surface area contributed by atoms with Gasteiger partial charge in [-0.05, 0) is 38.5 Å². The fourth-order valence-electron chi connectivity index (χ4n) is 1.64. The molecule has 2 atom stereocenters. The number of ether oxygens (including phenoxy) is 1. The number of nitrogens with one attached hydrogen (secondary N) is 1. The van der Waals surface area contributed by atoms with Crippen LogP contribution in [0, 0.1) is 0 Å². The van der Waals surface area contributed by atoms with Gasteiger partial charge in [0.1, 0.15) is 0 Å². The van der Waals surface area contributed by atoms with Crippen LogP contribution in [-0.2, 0) is 4.74 Å². The monoisotopic (exact) mass is 241 g/mol. The molecule has 0 bridgehead atoms. The van der Waals surface area contributed by atoms with Crippen molar-refractivity contribution in [2.24, 2.45) is 0 Å². The van der Waals surface area contributed by atoms with Crippen LogP contribution >= 0.6 is 11.6 Å². The van der Waals surface area contributed by atoms with Crippen LogP contribution < -0.4 is 5.32 Å². The molecule has 1 aromatic rings.